The Kier molecular flexibility index (Phi) is 2.77. The SMILES string of the molecule is CN[C@H]1CCN(S(C)(O)O)C1. The molecule has 11 heavy (non-hydrogen) atoms. The Labute approximate surface area is 69.1 Å². The van der Waals surface area contributed by atoms with Gasteiger partial charge in [0.25, 0.3) is 0 Å². The summed E-state index contributed by atoms with van der Waals surface area (Å²) in [5.74, 6) is 0. The summed E-state index contributed by atoms with van der Waals surface area (Å²) < 4.78 is 20.3. The van der Waals surface area contributed by atoms with Crippen molar-refractivity contribution in [1.82, 2.24) is 9.62 Å². The van der Waals surface area contributed by atoms with Crippen LogP contribution in [0.15, 0.2) is 0 Å². The van der Waals surface area contributed by atoms with Gasteiger partial charge in [0.2, 0.25) is 0 Å². The maximum atomic E-state index is 9.27. The molecule has 4 nitrogen and oxygen atoms in total. The second-order valence-electron chi connectivity index (χ2n) is 2.95. The summed E-state index contributed by atoms with van der Waals surface area (Å²) in [6.45, 7) is 1.53. The summed E-state index contributed by atoms with van der Waals surface area (Å²) >= 11 is 0. The van der Waals surface area contributed by atoms with E-state index in [2.05, 4.69) is 5.32 Å². The lowest BCUT2D eigenvalue weighted by Gasteiger charge is -2.36. The second-order valence-corrected chi connectivity index (χ2v) is 5.06. The predicted molar refractivity (Wildman–Crippen MR) is 47.8 cm³/mol. The molecule has 0 aromatic carbocycles. The Morgan fingerprint density at radius 1 is 1.55 bits per heavy atom. The number of likely N-dealkylation sites (N-methyl/N-ethyl adjacent to an activating group) is 1. The van der Waals surface area contributed by atoms with Crippen molar-refractivity contribution in [3.8, 4) is 0 Å². The molecular formula is C6H16N2O2S. The molecule has 1 fully saturated rings. The largest absolute Gasteiger partial charge is 0.316 e. The van der Waals surface area contributed by atoms with Crippen LogP contribution in [0, 0.1) is 0 Å². The molecule has 0 radical (unpaired) electrons. The van der Waals surface area contributed by atoms with Crippen molar-refractivity contribution in [3.63, 3.8) is 0 Å². The van der Waals surface area contributed by atoms with Gasteiger partial charge in [-0.25, -0.2) is 4.31 Å². The third-order valence-corrected chi connectivity index (χ3v) is 3.36. The van der Waals surface area contributed by atoms with Gasteiger partial charge < -0.3 is 5.32 Å². The van der Waals surface area contributed by atoms with Crippen LogP contribution in [-0.4, -0.2) is 45.8 Å². The fraction of sp³-hybridized carbons (Fsp3) is 1.00. The number of nitrogens with zero attached hydrogens (tertiary/aromatic N) is 1. The highest BCUT2D eigenvalue weighted by Crippen LogP contribution is 2.40. The molecule has 0 bridgehead atoms. The summed E-state index contributed by atoms with van der Waals surface area (Å²) in [4.78, 5) is 0. The van der Waals surface area contributed by atoms with E-state index in [0.29, 0.717) is 6.04 Å². The van der Waals surface area contributed by atoms with E-state index in [1.807, 2.05) is 7.05 Å². The van der Waals surface area contributed by atoms with Crippen molar-refractivity contribution >= 4 is 10.8 Å². The monoisotopic (exact) mass is 180 g/mol. The molecule has 0 aromatic heterocycles. The normalized spacial score (nSPS) is 29.3. The highest BCUT2D eigenvalue weighted by atomic mass is 32.3. The predicted octanol–water partition coefficient (Wildman–Crippen LogP) is 0.576. The molecule has 68 valence electrons. The van der Waals surface area contributed by atoms with Crippen molar-refractivity contribution in [2.24, 2.45) is 0 Å². The highest BCUT2D eigenvalue weighted by Gasteiger charge is 2.27. The van der Waals surface area contributed by atoms with Crippen molar-refractivity contribution in [2.45, 2.75) is 12.5 Å². The molecule has 0 amide bonds. The summed E-state index contributed by atoms with van der Waals surface area (Å²) in [5, 5.41) is 3.12. The summed E-state index contributed by atoms with van der Waals surface area (Å²) in [6.07, 6.45) is 2.48. The van der Waals surface area contributed by atoms with E-state index in [4.69, 9.17) is 0 Å². The lowest BCUT2D eigenvalue weighted by molar-refractivity contribution is 0.388. The Bertz CT molecular complexity index is 137. The summed E-state index contributed by atoms with van der Waals surface area (Å²) in [6, 6.07) is 0.418. The zero-order valence-electron chi connectivity index (χ0n) is 6.95. The zero-order chi connectivity index (χ0) is 8.48. The van der Waals surface area contributed by atoms with E-state index >= 15 is 0 Å². The molecule has 1 aliphatic heterocycles. The molecule has 0 aliphatic carbocycles. The third kappa shape index (κ3) is 2.31. The molecule has 1 rings (SSSR count). The van der Waals surface area contributed by atoms with Crippen LogP contribution in [0.25, 0.3) is 0 Å². The fourth-order valence-corrected chi connectivity index (χ4v) is 2.19. The van der Waals surface area contributed by atoms with Gasteiger partial charge in [-0.15, -0.1) is 10.8 Å². The first kappa shape index (κ1) is 9.28. The average molecular weight is 180 g/mol. The van der Waals surface area contributed by atoms with Crippen LogP contribution in [0.4, 0.5) is 0 Å². The minimum Gasteiger partial charge on any atom is -0.316 e. The average Bonchev–Trinajstić information content (AvgIpc) is 2.32. The van der Waals surface area contributed by atoms with Gasteiger partial charge in [-0.3, -0.25) is 9.11 Å². The Hall–Kier alpha value is 0.190. The standard InChI is InChI=1S/C6H16N2O2S/c1-7-6-3-4-8(5-6)11(2,9)10/h6-7,9-10H,3-5H2,1-2H3/t6-/m0/s1. The molecule has 0 aromatic rings. The number of hydrogen-bond acceptors (Lipinski definition) is 4. The Morgan fingerprint density at radius 2 is 2.18 bits per heavy atom. The quantitative estimate of drug-likeness (QED) is 0.581. The minimum atomic E-state index is -2.45. The van der Waals surface area contributed by atoms with E-state index in [-0.39, 0.29) is 0 Å². The van der Waals surface area contributed by atoms with Gasteiger partial charge in [0.15, 0.2) is 0 Å². The first-order chi connectivity index (χ1) is 5.04. The Balaban J connectivity index is 2.42. The lowest BCUT2D eigenvalue weighted by Crippen LogP contribution is -2.30. The molecule has 0 saturated carbocycles. The van der Waals surface area contributed by atoms with Crippen molar-refractivity contribution in [1.29, 1.82) is 0 Å². The van der Waals surface area contributed by atoms with E-state index < -0.39 is 10.8 Å². The van der Waals surface area contributed by atoms with Crippen LogP contribution < -0.4 is 5.32 Å². The van der Waals surface area contributed by atoms with Crippen molar-refractivity contribution < 1.29 is 9.11 Å². The number of nitrogens with one attached hydrogen (secondary N) is 1. The zero-order valence-corrected chi connectivity index (χ0v) is 7.77. The third-order valence-electron chi connectivity index (χ3n) is 2.05. The Morgan fingerprint density at radius 3 is 2.45 bits per heavy atom. The van der Waals surface area contributed by atoms with Crippen LogP contribution >= 0.6 is 10.8 Å². The van der Waals surface area contributed by atoms with Crippen molar-refractivity contribution in [2.75, 3.05) is 26.4 Å². The van der Waals surface area contributed by atoms with Gasteiger partial charge in [-0.2, -0.15) is 0 Å². The first-order valence-corrected chi connectivity index (χ1v) is 5.61. The highest BCUT2D eigenvalue weighted by molar-refractivity contribution is 8.21. The maximum absolute atomic E-state index is 9.27. The molecule has 1 aliphatic rings. The summed E-state index contributed by atoms with van der Waals surface area (Å²) in [7, 11) is -0.554. The molecule has 1 atom stereocenters. The lowest BCUT2D eigenvalue weighted by atomic mass is 10.3. The van der Waals surface area contributed by atoms with Crippen LogP contribution in [-0.2, 0) is 0 Å². The second kappa shape index (κ2) is 3.28. The molecule has 1 heterocycles. The van der Waals surface area contributed by atoms with Crippen molar-refractivity contribution in [3.05, 3.63) is 0 Å². The van der Waals surface area contributed by atoms with Crippen LogP contribution in [0.5, 0.6) is 0 Å². The topological polar surface area (TPSA) is 55.7 Å². The van der Waals surface area contributed by atoms with Crippen LogP contribution in [0.2, 0.25) is 0 Å². The molecule has 0 spiro atoms. The van der Waals surface area contributed by atoms with E-state index in [1.54, 1.807) is 4.31 Å². The van der Waals surface area contributed by atoms with Gasteiger partial charge >= 0.3 is 0 Å². The van der Waals surface area contributed by atoms with Crippen LogP contribution in [0.3, 0.4) is 0 Å². The molecular weight excluding hydrogens is 164 g/mol. The maximum Gasteiger partial charge on any atom is 0.0418 e. The van der Waals surface area contributed by atoms with E-state index in [9.17, 15) is 9.11 Å². The van der Waals surface area contributed by atoms with Gasteiger partial charge in [-0.1, -0.05) is 0 Å². The molecule has 0 unspecified atom stereocenters. The molecule has 5 heteroatoms. The smallest absolute Gasteiger partial charge is 0.0418 e. The number of rotatable bonds is 2. The first-order valence-electron chi connectivity index (χ1n) is 3.69. The summed E-state index contributed by atoms with van der Waals surface area (Å²) in [5.41, 5.74) is 0. The molecule has 1 saturated heterocycles. The van der Waals surface area contributed by atoms with Gasteiger partial charge in [0.05, 0.1) is 0 Å². The van der Waals surface area contributed by atoms with Gasteiger partial charge in [0, 0.05) is 25.4 Å². The van der Waals surface area contributed by atoms with Gasteiger partial charge in [0.1, 0.15) is 0 Å². The van der Waals surface area contributed by atoms with E-state index in [0.717, 1.165) is 19.5 Å². The van der Waals surface area contributed by atoms with E-state index in [1.165, 1.54) is 6.26 Å². The van der Waals surface area contributed by atoms with Crippen LogP contribution in [0.1, 0.15) is 6.42 Å². The fourth-order valence-electron chi connectivity index (χ4n) is 1.28. The van der Waals surface area contributed by atoms with Gasteiger partial charge in [-0.05, 0) is 13.5 Å². The molecule has 3 N–H and O–H groups in total. The minimum absolute atomic E-state index is 0.418. The number of hydrogen-bond donors (Lipinski definition) is 3.